The van der Waals surface area contributed by atoms with E-state index < -0.39 is 11.6 Å². The maximum absolute atomic E-state index is 13.3. The van der Waals surface area contributed by atoms with E-state index >= 15 is 0 Å². The van der Waals surface area contributed by atoms with Gasteiger partial charge in [-0.25, -0.2) is 8.78 Å². The third-order valence-electron chi connectivity index (χ3n) is 3.81. The van der Waals surface area contributed by atoms with E-state index in [2.05, 4.69) is 5.32 Å². The number of nitrogens with one attached hydrogen (secondary N) is 1. The van der Waals surface area contributed by atoms with Crippen LogP contribution in [0.4, 0.5) is 8.78 Å². The molecule has 1 unspecified atom stereocenters. The summed E-state index contributed by atoms with van der Waals surface area (Å²) < 4.78 is 26.4. The molecule has 0 spiro atoms. The molecule has 0 saturated heterocycles. The normalized spacial score (nSPS) is 18.2. The highest BCUT2D eigenvalue weighted by atomic mass is 35.5. The Balaban J connectivity index is 2.18. The van der Waals surface area contributed by atoms with Gasteiger partial charge in [-0.2, -0.15) is 0 Å². The van der Waals surface area contributed by atoms with Crippen molar-refractivity contribution >= 4 is 11.6 Å². The van der Waals surface area contributed by atoms with Crippen molar-refractivity contribution in [1.82, 2.24) is 5.32 Å². The van der Waals surface area contributed by atoms with Gasteiger partial charge in [-0.1, -0.05) is 37.3 Å². The Bertz CT molecular complexity index is 417. The molecule has 4 heteroatoms. The smallest absolute Gasteiger partial charge is 0.160 e. The molecule has 0 bridgehead atoms. The first kappa shape index (κ1) is 13.8. The maximum Gasteiger partial charge on any atom is 0.160 e. The summed E-state index contributed by atoms with van der Waals surface area (Å²) >= 11 is 6.01. The minimum absolute atomic E-state index is 0.00398. The standard InChI is InChI=1S/C14H18ClF2N/c1-18-14(6-9-4-2-3-5-9)10-7-12(16)13(17)8-11(10)15/h7-9,14,18H,2-6H2,1H3. The van der Waals surface area contributed by atoms with Crippen LogP contribution in [0.3, 0.4) is 0 Å². The van der Waals surface area contributed by atoms with Crippen LogP contribution >= 0.6 is 11.6 Å². The lowest BCUT2D eigenvalue weighted by molar-refractivity contribution is 0.410. The van der Waals surface area contributed by atoms with E-state index in [0.717, 1.165) is 12.5 Å². The number of rotatable bonds is 4. The summed E-state index contributed by atoms with van der Waals surface area (Å²) in [5.74, 6) is -1.06. The minimum Gasteiger partial charge on any atom is -0.313 e. The van der Waals surface area contributed by atoms with Gasteiger partial charge in [0.1, 0.15) is 0 Å². The van der Waals surface area contributed by atoms with Gasteiger partial charge in [-0.3, -0.25) is 0 Å². The molecule has 1 fully saturated rings. The molecular formula is C14H18ClF2N. The maximum atomic E-state index is 13.3. The zero-order chi connectivity index (χ0) is 13.1. The Morgan fingerprint density at radius 3 is 2.50 bits per heavy atom. The van der Waals surface area contributed by atoms with Gasteiger partial charge in [0.05, 0.1) is 0 Å². The summed E-state index contributed by atoms with van der Waals surface area (Å²) in [7, 11) is 1.83. The lowest BCUT2D eigenvalue weighted by atomic mass is 9.93. The summed E-state index contributed by atoms with van der Waals surface area (Å²) in [6.07, 6.45) is 5.92. The van der Waals surface area contributed by atoms with E-state index in [1.807, 2.05) is 7.05 Å². The second-order valence-electron chi connectivity index (χ2n) is 5.02. The van der Waals surface area contributed by atoms with Crippen molar-refractivity contribution in [2.75, 3.05) is 7.05 Å². The number of halogens is 3. The molecule has 18 heavy (non-hydrogen) atoms. The monoisotopic (exact) mass is 273 g/mol. The van der Waals surface area contributed by atoms with Crippen molar-refractivity contribution in [3.05, 3.63) is 34.4 Å². The van der Waals surface area contributed by atoms with Crippen LogP contribution in [0.15, 0.2) is 12.1 Å². The molecule has 1 N–H and O–H groups in total. The molecule has 1 saturated carbocycles. The molecule has 0 aliphatic heterocycles. The van der Waals surface area contributed by atoms with E-state index in [1.54, 1.807) is 0 Å². The predicted molar refractivity (Wildman–Crippen MR) is 69.7 cm³/mol. The van der Waals surface area contributed by atoms with E-state index in [9.17, 15) is 8.78 Å². The van der Waals surface area contributed by atoms with Crippen LogP contribution < -0.4 is 5.32 Å². The Hall–Kier alpha value is -0.670. The Morgan fingerprint density at radius 2 is 1.89 bits per heavy atom. The minimum atomic E-state index is -0.889. The fourth-order valence-electron chi connectivity index (χ4n) is 2.78. The van der Waals surface area contributed by atoms with E-state index in [-0.39, 0.29) is 6.04 Å². The summed E-state index contributed by atoms with van der Waals surface area (Å²) in [6.45, 7) is 0. The summed E-state index contributed by atoms with van der Waals surface area (Å²) in [5.41, 5.74) is 0.657. The molecule has 1 aromatic carbocycles. The van der Waals surface area contributed by atoms with Crippen LogP contribution in [0.25, 0.3) is 0 Å². The number of benzene rings is 1. The van der Waals surface area contributed by atoms with Crippen LogP contribution in [0.5, 0.6) is 0 Å². The summed E-state index contributed by atoms with van der Waals surface area (Å²) in [4.78, 5) is 0. The predicted octanol–water partition coefficient (Wildman–Crippen LogP) is 4.46. The largest absolute Gasteiger partial charge is 0.313 e. The molecule has 2 rings (SSSR count). The average Bonchev–Trinajstić information content (AvgIpc) is 2.84. The van der Waals surface area contributed by atoms with Gasteiger partial charge in [-0.15, -0.1) is 0 Å². The highest BCUT2D eigenvalue weighted by Crippen LogP contribution is 2.35. The van der Waals surface area contributed by atoms with E-state index in [4.69, 9.17) is 11.6 Å². The zero-order valence-electron chi connectivity index (χ0n) is 10.5. The van der Waals surface area contributed by atoms with Crippen molar-refractivity contribution in [2.24, 2.45) is 5.92 Å². The van der Waals surface area contributed by atoms with Gasteiger partial charge < -0.3 is 5.32 Å². The Labute approximate surface area is 112 Å². The van der Waals surface area contributed by atoms with Crippen LogP contribution in [-0.2, 0) is 0 Å². The first-order chi connectivity index (χ1) is 8.61. The lowest BCUT2D eigenvalue weighted by Crippen LogP contribution is -2.20. The van der Waals surface area contributed by atoms with Gasteiger partial charge in [-0.05, 0) is 37.1 Å². The van der Waals surface area contributed by atoms with Crippen LogP contribution in [0, 0.1) is 17.6 Å². The molecule has 0 radical (unpaired) electrons. The fraction of sp³-hybridized carbons (Fsp3) is 0.571. The Kier molecular flexibility index (Phi) is 4.57. The molecule has 1 aliphatic rings. The highest BCUT2D eigenvalue weighted by molar-refractivity contribution is 6.31. The van der Waals surface area contributed by atoms with Gasteiger partial charge >= 0.3 is 0 Å². The Morgan fingerprint density at radius 1 is 1.28 bits per heavy atom. The molecule has 1 nitrogen and oxygen atoms in total. The average molecular weight is 274 g/mol. The second-order valence-corrected chi connectivity index (χ2v) is 5.42. The van der Waals surface area contributed by atoms with Gasteiger partial charge in [0.25, 0.3) is 0 Å². The lowest BCUT2D eigenvalue weighted by Gasteiger charge is -2.21. The van der Waals surface area contributed by atoms with Crippen LogP contribution in [0.2, 0.25) is 5.02 Å². The first-order valence-corrected chi connectivity index (χ1v) is 6.81. The molecule has 100 valence electrons. The molecule has 1 aromatic rings. The van der Waals surface area contributed by atoms with Crippen molar-refractivity contribution in [3.8, 4) is 0 Å². The van der Waals surface area contributed by atoms with Gasteiger partial charge in [0.2, 0.25) is 0 Å². The highest BCUT2D eigenvalue weighted by Gasteiger charge is 2.22. The van der Waals surface area contributed by atoms with Crippen molar-refractivity contribution in [3.63, 3.8) is 0 Å². The van der Waals surface area contributed by atoms with E-state index in [0.29, 0.717) is 16.5 Å². The van der Waals surface area contributed by atoms with Crippen molar-refractivity contribution in [1.29, 1.82) is 0 Å². The van der Waals surface area contributed by atoms with Crippen LogP contribution in [0.1, 0.15) is 43.7 Å². The third kappa shape index (κ3) is 3.01. The van der Waals surface area contributed by atoms with Crippen molar-refractivity contribution < 1.29 is 8.78 Å². The van der Waals surface area contributed by atoms with Crippen molar-refractivity contribution in [2.45, 2.75) is 38.1 Å². The molecule has 1 atom stereocenters. The fourth-order valence-corrected chi connectivity index (χ4v) is 3.07. The third-order valence-corrected chi connectivity index (χ3v) is 4.13. The molecule has 1 aliphatic carbocycles. The molecule has 0 heterocycles. The number of hydrogen-bond acceptors (Lipinski definition) is 1. The van der Waals surface area contributed by atoms with Gasteiger partial charge in [0, 0.05) is 11.1 Å². The zero-order valence-corrected chi connectivity index (χ0v) is 11.2. The summed E-state index contributed by atoms with van der Waals surface area (Å²) in [5, 5.41) is 3.46. The molecular weight excluding hydrogens is 256 g/mol. The van der Waals surface area contributed by atoms with Crippen LogP contribution in [-0.4, -0.2) is 7.05 Å². The number of hydrogen-bond donors (Lipinski definition) is 1. The molecule has 0 amide bonds. The SMILES string of the molecule is CNC(CC1CCCC1)c1cc(F)c(F)cc1Cl. The van der Waals surface area contributed by atoms with E-state index in [1.165, 1.54) is 31.7 Å². The van der Waals surface area contributed by atoms with Gasteiger partial charge in [0.15, 0.2) is 11.6 Å². The summed E-state index contributed by atoms with van der Waals surface area (Å²) in [6, 6.07) is 2.27. The second kappa shape index (κ2) is 5.98. The topological polar surface area (TPSA) is 12.0 Å². The first-order valence-electron chi connectivity index (χ1n) is 6.43. The molecule has 0 aromatic heterocycles. The quantitative estimate of drug-likeness (QED) is 0.799.